The van der Waals surface area contributed by atoms with Gasteiger partial charge in [0, 0.05) is 13.6 Å². The number of carbonyl (C=O) groups excluding carboxylic acids is 1. The third kappa shape index (κ3) is 3.99. The Balaban J connectivity index is 1.76. The second-order valence-corrected chi connectivity index (χ2v) is 6.27. The van der Waals surface area contributed by atoms with E-state index in [1.54, 1.807) is 11.7 Å². The first-order valence-corrected chi connectivity index (χ1v) is 8.37. The summed E-state index contributed by atoms with van der Waals surface area (Å²) in [6.45, 7) is 0.487. The Morgan fingerprint density at radius 1 is 1.12 bits per heavy atom. The number of nitrogens with zero attached hydrogens (tertiary/aromatic N) is 4. The average Bonchev–Trinajstić information content (AvgIpc) is 3.04. The number of aryl methyl sites for hydroxylation is 1. The van der Waals surface area contributed by atoms with Crippen LogP contribution in [0.2, 0.25) is 0 Å². The minimum atomic E-state index is -0.417. The predicted molar refractivity (Wildman–Crippen MR) is 92.1 cm³/mol. The van der Waals surface area contributed by atoms with Crippen LogP contribution in [0, 0.1) is 0 Å². The second kappa shape index (κ2) is 7.74. The molecule has 0 bridgehead atoms. The van der Waals surface area contributed by atoms with Gasteiger partial charge in [-0.3, -0.25) is 4.79 Å². The molecule has 2 aromatic carbocycles. The van der Waals surface area contributed by atoms with Gasteiger partial charge in [-0.15, -0.1) is 5.10 Å². The Morgan fingerprint density at radius 3 is 2.42 bits per heavy atom. The van der Waals surface area contributed by atoms with Gasteiger partial charge >= 0.3 is 0 Å². The molecule has 0 saturated heterocycles. The van der Waals surface area contributed by atoms with Gasteiger partial charge in [-0.1, -0.05) is 72.4 Å². The molecule has 0 spiro atoms. The van der Waals surface area contributed by atoms with Crippen molar-refractivity contribution in [1.29, 1.82) is 0 Å². The molecule has 122 valence electrons. The summed E-state index contributed by atoms with van der Waals surface area (Å²) in [4.78, 5) is 12.7. The van der Waals surface area contributed by atoms with Crippen molar-refractivity contribution in [2.24, 2.45) is 7.05 Å². The lowest BCUT2D eigenvalue weighted by Gasteiger charge is -2.16. The lowest BCUT2D eigenvalue weighted by molar-refractivity contribution is -0.120. The summed E-state index contributed by atoms with van der Waals surface area (Å²) in [6.07, 6.45) is 0. The molecule has 0 aliphatic rings. The first kappa shape index (κ1) is 16.2. The summed E-state index contributed by atoms with van der Waals surface area (Å²) in [7, 11) is 1.76. The zero-order chi connectivity index (χ0) is 16.8. The maximum atomic E-state index is 12.7. The quantitative estimate of drug-likeness (QED) is 0.698. The molecule has 3 rings (SSSR count). The van der Waals surface area contributed by atoms with Crippen LogP contribution in [0.5, 0.6) is 0 Å². The van der Waals surface area contributed by atoms with Crippen molar-refractivity contribution in [3.63, 3.8) is 0 Å². The second-order valence-electron chi connectivity index (χ2n) is 5.20. The Bertz CT molecular complexity index is 791. The number of hydrogen-bond donors (Lipinski definition) is 1. The van der Waals surface area contributed by atoms with Crippen LogP contribution in [0.25, 0.3) is 0 Å². The number of rotatable bonds is 6. The summed E-state index contributed by atoms with van der Waals surface area (Å²) in [5, 5.41) is 14.6. The Hall–Kier alpha value is -2.67. The number of tetrazole rings is 1. The predicted octanol–water partition coefficient (Wildman–Crippen LogP) is 2.36. The van der Waals surface area contributed by atoms with Crippen LogP contribution in [0.4, 0.5) is 0 Å². The summed E-state index contributed by atoms with van der Waals surface area (Å²) >= 11 is 1.33. The van der Waals surface area contributed by atoms with Crippen LogP contribution in [0.15, 0.2) is 65.8 Å². The highest BCUT2D eigenvalue weighted by molar-refractivity contribution is 8.00. The average molecular weight is 339 g/mol. The minimum Gasteiger partial charge on any atom is -0.351 e. The Labute approximate surface area is 144 Å². The topological polar surface area (TPSA) is 72.7 Å². The largest absolute Gasteiger partial charge is 0.351 e. The summed E-state index contributed by atoms with van der Waals surface area (Å²) in [6, 6.07) is 19.5. The molecule has 1 N–H and O–H groups in total. The molecule has 0 saturated carbocycles. The summed E-state index contributed by atoms with van der Waals surface area (Å²) in [5.41, 5.74) is 1.97. The third-order valence-corrected chi connectivity index (χ3v) is 4.73. The highest BCUT2D eigenvalue weighted by Crippen LogP contribution is 2.33. The van der Waals surface area contributed by atoms with Gasteiger partial charge in [-0.05, 0) is 21.6 Å². The van der Waals surface area contributed by atoms with Crippen LogP contribution in [0.3, 0.4) is 0 Å². The maximum absolute atomic E-state index is 12.7. The first-order chi connectivity index (χ1) is 11.7. The molecule has 7 heteroatoms. The van der Waals surface area contributed by atoms with E-state index in [-0.39, 0.29) is 5.91 Å². The highest BCUT2D eigenvalue weighted by atomic mass is 32.2. The van der Waals surface area contributed by atoms with Crippen molar-refractivity contribution < 1.29 is 4.79 Å². The summed E-state index contributed by atoms with van der Waals surface area (Å²) < 4.78 is 1.56. The molecule has 0 radical (unpaired) electrons. The van der Waals surface area contributed by atoms with E-state index in [2.05, 4.69) is 20.8 Å². The Kier molecular flexibility index (Phi) is 5.22. The van der Waals surface area contributed by atoms with E-state index in [0.717, 1.165) is 11.1 Å². The van der Waals surface area contributed by atoms with Crippen molar-refractivity contribution >= 4 is 17.7 Å². The monoisotopic (exact) mass is 339 g/mol. The molecule has 1 unspecified atom stereocenters. The van der Waals surface area contributed by atoms with Gasteiger partial charge in [0.25, 0.3) is 0 Å². The molecular formula is C17H17N5OS. The van der Waals surface area contributed by atoms with Gasteiger partial charge in [0.15, 0.2) is 0 Å². The zero-order valence-electron chi connectivity index (χ0n) is 13.2. The number of thioether (sulfide) groups is 1. The van der Waals surface area contributed by atoms with E-state index in [0.29, 0.717) is 11.7 Å². The smallest absolute Gasteiger partial charge is 0.238 e. The number of benzene rings is 2. The van der Waals surface area contributed by atoms with E-state index in [9.17, 15) is 4.79 Å². The normalized spacial score (nSPS) is 11.9. The lowest BCUT2D eigenvalue weighted by atomic mass is 10.1. The fourth-order valence-corrected chi connectivity index (χ4v) is 3.17. The lowest BCUT2D eigenvalue weighted by Crippen LogP contribution is -2.27. The molecule has 1 amide bonds. The number of amides is 1. The van der Waals surface area contributed by atoms with Crippen molar-refractivity contribution in [1.82, 2.24) is 25.5 Å². The van der Waals surface area contributed by atoms with Crippen LogP contribution < -0.4 is 5.32 Å². The highest BCUT2D eigenvalue weighted by Gasteiger charge is 2.24. The standard InChI is InChI=1S/C17H17N5OS/c1-22-17(19-20-21-22)24-15(14-10-6-3-7-11-14)16(23)18-12-13-8-4-2-5-9-13/h2-11,15H,12H2,1H3,(H,18,23). The molecular weight excluding hydrogens is 322 g/mol. The van der Waals surface area contributed by atoms with Gasteiger partial charge in [0.05, 0.1) is 0 Å². The number of carbonyl (C=O) groups is 1. The number of nitrogens with one attached hydrogen (secondary N) is 1. The third-order valence-electron chi connectivity index (χ3n) is 3.45. The van der Waals surface area contributed by atoms with E-state index in [1.165, 1.54) is 11.8 Å². The van der Waals surface area contributed by atoms with E-state index in [4.69, 9.17) is 0 Å². The van der Waals surface area contributed by atoms with Crippen molar-refractivity contribution in [2.45, 2.75) is 17.0 Å². The van der Waals surface area contributed by atoms with Crippen LogP contribution in [-0.2, 0) is 18.4 Å². The van der Waals surface area contributed by atoms with Crippen LogP contribution in [0.1, 0.15) is 16.4 Å². The van der Waals surface area contributed by atoms with E-state index < -0.39 is 5.25 Å². The molecule has 0 aliphatic carbocycles. The van der Waals surface area contributed by atoms with Crippen LogP contribution >= 0.6 is 11.8 Å². The van der Waals surface area contributed by atoms with Crippen LogP contribution in [-0.4, -0.2) is 26.1 Å². The molecule has 1 heterocycles. The molecule has 0 aliphatic heterocycles. The first-order valence-electron chi connectivity index (χ1n) is 7.49. The molecule has 1 atom stereocenters. The molecule has 24 heavy (non-hydrogen) atoms. The SMILES string of the molecule is Cn1nnnc1SC(C(=O)NCc1ccccc1)c1ccccc1. The molecule has 6 nitrogen and oxygen atoms in total. The van der Waals surface area contributed by atoms with E-state index in [1.807, 2.05) is 60.7 Å². The zero-order valence-corrected chi connectivity index (χ0v) is 14.0. The van der Waals surface area contributed by atoms with Gasteiger partial charge in [-0.25, -0.2) is 4.68 Å². The Morgan fingerprint density at radius 2 is 1.79 bits per heavy atom. The van der Waals surface area contributed by atoms with Gasteiger partial charge in [0.1, 0.15) is 5.25 Å². The van der Waals surface area contributed by atoms with Gasteiger partial charge in [-0.2, -0.15) is 0 Å². The number of aromatic nitrogens is 4. The van der Waals surface area contributed by atoms with Gasteiger partial charge < -0.3 is 5.32 Å². The molecule has 0 fully saturated rings. The fourth-order valence-electron chi connectivity index (χ4n) is 2.20. The summed E-state index contributed by atoms with van der Waals surface area (Å²) in [5.74, 6) is -0.0712. The van der Waals surface area contributed by atoms with Crippen molar-refractivity contribution in [3.8, 4) is 0 Å². The fraction of sp³-hybridized carbons (Fsp3) is 0.176. The van der Waals surface area contributed by atoms with Crippen molar-refractivity contribution in [3.05, 3.63) is 71.8 Å². The molecule has 1 aromatic heterocycles. The van der Waals surface area contributed by atoms with E-state index >= 15 is 0 Å². The van der Waals surface area contributed by atoms with Gasteiger partial charge in [0.2, 0.25) is 11.1 Å². The number of hydrogen-bond acceptors (Lipinski definition) is 5. The minimum absolute atomic E-state index is 0.0712. The molecule has 3 aromatic rings. The van der Waals surface area contributed by atoms with Crippen molar-refractivity contribution in [2.75, 3.05) is 0 Å². The maximum Gasteiger partial charge on any atom is 0.238 e.